The fourth-order valence-corrected chi connectivity index (χ4v) is 3.18. The summed E-state index contributed by atoms with van der Waals surface area (Å²) < 4.78 is 4.98. The number of nitrogens with zero attached hydrogens (tertiary/aromatic N) is 1. The molecule has 6 heteroatoms. The van der Waals surface area contributed by atoms with Gasteiger partial charge in [0.05, 0.1) is 12.2 Å². The van der Waals surface area contributed by atoms with E-state index < -0.39 is 5.97 Å². The Balaban J connectivity index is 2.17. The molecule has 0 aliphatic heterocycles. The van der Waals surface area contributed by atoms with Gasteiger partial charge < -0.3 is 10.1 Å². The monoisotopic (exact) mass is 354 g/mol. The Morgan fingerprint density at radius 1 is 1.28 bits per heavy atom. The number of thiophene rings is 1. The highest BCUT2D eigenvalue weighted by atomic mass is 32.1. The summed E-state index contributed by atoms with van der Waals surface area (Å²) in [5.74, 6) is -0.856. The van der Waals surface area contributed by atoms with E-state index in [9.17, 15) is 14.9 Å². The largest absolute Gasteiger partial charge is 0.462 e. The van der Waals surface area contributed by atoms with Gasteiger partial charge in [-0.15, -0.1) is 11.3 Å². The second-order valence-corrected chi connectivity index (χ2v) is 6.35. The van der Waals surface area contributed by atoms with Crippen molar-refractivity contribution in [1.82, 2.24) is 0 Å². The molecule has 0 radical (unpaired) electrons. The zero-order chi connectivity index (χ0) is 18.4. The van der Waals surface area contributed by atoms with E-state index in [0.29, 0.717) is 15.4 Å². The molecule has 128 valence electrons. The molecular weight excluding hydrogens is 336 g/mol. The quantitative estimate of drug-likeness (QED) is 0.648. The normalized spacial score (nSPS) is 10.5. The standard InChI is InChI=1S/C19H18N2O3S/c1-4-24-19(23)17-13(3)15(11-20)18(25-17)21-16(22)10-9-14-7-5-12(2)6-8-14/h5-10H,4H2,1-3H3,(H,21,22)/b10-9+. The lowest BCUT2D eigenvalue weighted by molar-refractivity contribution is -0.111. The van der Waals surface area contributed by atoms with Crippen molar-refractivity contribution in [2.75, 3.05) is 11.9 Å². The molecule has 0 unspecified atom stereocenters. The summed E-state index contributed by atoms with van der Waals surface area (Å²) in [6, 6.07) is 9.77. The molecule has 0 saturated heterocycles. The van der Waals surface area contributed by atoms with Gasteiger partial charge in [0.15, 0.2) is 0 Å². The van der Waals surface area contributed by atoms with Crippen LogP contribution in [0.3, 0.4) is 0 Å². The number of hydrogen-bond donors (Lipinski definition) is 1. The van der Waals surface area contributed by atoms with Crippen LogP contribution in [-0.4, -0.2) is 18.5 Å². The number of benzene rings is 1. The fourth-order valence-electron chi connectivity index (χ4n) is 2.13. The number of anilines is 1. The van der Waals surface area contributed by atoms with Crippen molar-refractivity contribution < 1.29 is 14.3 Å². The smallest absolute Gasteiger partial charge is 0.348 e. The number of nitriles is 1. The van der Waals surface area contributed by atoms with Crippen LogP contribution in [0.2, 0.25) is 0 Å². The predicted octanol–water partition coefficient (Wildman–Crippen LogP) is 4.07. The van der Waals surface area contributed by atoms with Gasteiger partial charge in [-0.1, -0.05) is 29.8 Å². The first-order valence-corrected chi connectivity index (χ1v) is 8.54. The SMILES string of the molecule is CCOC(=O)c1sc(NC(=O)/C=C/c2ccc(C)cc2)c(C#N)c1C. The molecule has 0 spiro atoms. The Bertz CT molecular complexity index is 858. The van der Waals surface area contributed by atoms with Gasteiger partial charge in [0.1, 0.15) is 15.9 Å². The summed E-state index contributed by atoms with van der Waals surface area (Å²) in [7, 11) is 0. The minimum Gasteiger partial charge on any atom is -0.462 e. The van der Waals surface area contributed by atoms with Crippen LogP contribution >= 0.6 is 11.3 Å². The Kier molecular flexibility index (Phi) is 6.09. The second kappa shape index (κ2) is 8.27. The molecule has 0 aliphatic carbocycles. The van der Waals surface area contributed by atoms with Crippen LogP contribution in [0.15, 0.2) is 30.3 Å². The van der Waals surface area contributed by atoms with E-state index in [2.05, 4.69) is 5.32 Å². The van der Waals surface area contributed by atoms with E-state index in [1.807, 2.05) is 37.3 Å². The number of carbonyl (C=O) groups is 2. The van der Waals surface area contributed by atoms with E-state index >= 15 is 0 Å². The van der Waals surface area contributed by atoms with Crippen LogP contribution in [0.5, 0.6) is 0 Å². The number of hydrogen-bond acceptors (Lipinski definition) is 5. The lowest BCUT2D eigenvalue weighted by atomic mass is 10.1. The van der Waals surface area contributed by atoms with E-state index in [0.717, 1.165) is 22.5 Å². The van der Waals surface area contributed by atoms with Crippen molar-refractivity contribution >= 4 is 34.3 Å². The molecule has 0 bridgehead atoms. The Labute approximate surface area is 150 Å². The summed E-state index contributed by atoms with van der Waals surface area (Å²) in [6.07, 6.45) is 3.08. The number of carbonyl (C=O) groups excluding carboxylic acids is 2. The molecule has 0 saturated carbocycles. The molecule has 25 heavy (non-hydrogen) atoms. The van der Waals surface area contributed by atoms with Crippen molar-refractivity contribution in [2.45, 2.75) is 20.8 Å². The number of nitrogens with one attached hydrogen (secondary N) is 1. The maximum Gasteiger partial charge on any atom is 0.348 e. The summed E-state index contributed by atoms with van der Waals surface area (Å²) in [5, 5.41) is 12.3. The third-order valence-electron chi connectivity index (χ3n) is 3.46. The van der Waals surface area contributed by atoms with Crippen molar-refractivity contribution in [1.29, 1.82) is 5.26 Å². The topological polar surface area (TPSA) is 79.2 Å². The molecular formula is C19H18N2O3S. The van der Waals surface area contributed by atoms with Crippen LogP contribution < -0.4 is 5.32 Å². The summed E-state index contributed by atoms with van der Waals surface area (Å²) in [6.45, 7) is 5.62. The van der Waals surface area contributed by atoms with E-state index in [1.54, 1.807) is 19.9 Å². The Morgan fingerprint density at radius 2 is 1.96 bits per heavy atom. The second-order valence-electron chi connectivity index (χ2n) is 5.33. The maximum atomic E-state index is 12.1. The molecule has 1 aromatic carbocycles. The van der Waals surface area contributed by atoms with Crippen LogP contribution in [0.4, 0.5) is 5.00 Å². The third-order valence-corrected chi connectivity index (χ3v) is 4.65. The zero-order valence-electron chi connectivity index (χ0n) is 14.3. The Morgan fingerprint density at radius 3 is 2.56 bits per heavy atom. The maximum absolute atomic E-state index is 12.1. The van der Waals surface area contributed by atoms with Crippen molar-refractivity contribution in [3.8, 4) is 6.07 Å². The van der Waals surface area contributed by atoms with Crippen LogP contribution in [-0.2, 0) is 9.53 Å². The van der Waals surface area contributed by atoms with Gasteiger partial charge in [0, 0.05) is 6.08 Å². The van der Waals surface area contributed by atoms with E-state index in [-0.39, 0.29) is 18.1 Å². The van der Waals surface area contributed by atoms with Crippen LogP contribution in [0.25, 0.3) is 6.08 Å². The van der Waals surface area contributed by atoms with Gasteiger partial charge in [-0.25, -0.2) is 4.79 Å². The van der Waals surface area contributed by atoms with Crippen LogP contribution in [0, 0.1) is 25.2 Å². The first kappa shape index (κ1) is 18.4. The summed E-state index contributed by atoms with van der Waals surface area (Å²) >= 11 is 1.05. The predicted molar refractivity (Wildman–Crippen MR) is 98.6 cm³/mol. The average Bonchev–Trinajstić information content (AvgIpc) is 2.90. The highest BCUT2D eigenvalue weighted by Crippen LogP contribution is 2.33. The molecule has 0 fully saturated rings. The Hall–Kier alpha value is -2.91. The molecule has 1 aromatic heterocycles. The number of aryl methyl sites for hydroxylation is 1. The molecule has 0 aliphatic rings. The van der Waals surface area contributed by atoms with Crippen molar-refractivity contribution in [3.63, 3.8) is 0 Å². The van der Waals surface area contributed by atoms with Crippen molar-refractivity contribution in [3.05, 3.63) is 57.5 Å². The van der Waals surface area contributed by atoms with Gasteiger partial charge in [-0.05, 0) is 38.0 Å². The molecule has 2 aromatic rings. The minimum atomic E-state index is -0.489. The molecule has 2 rings (SSSR count). The summed E-state index contributed by atoms with van der Waals surface area (Å²) in [4.78, 5) is 24.4. The molecule has 1 amide bonds. The first-order chi connectivity index (χ1) is 12.0. The minimum absolute atomic E-state index is 0.249. The third kappa shape index (κ3) is 4.55. The van der Waals surface area contributed by atoms with Gasteiger partial charge in [0.2, 0.25) is 5.91 Å². The highest BCUT2D eigenvalue weighted by molar-refractivity contribution is 7.18. The van der Waals surface area contributed by atoms with Gasteiger partial charge in [-0.2, -0.15) is 5.26 Å². The molecule has 1 heterocycles. The van der Waals surface area contributed by atoms with Gasteiger partial charge in [0.25, 0.3) is 0 Å². The van der Waals surface area contributed by atoms with Crippen LogP contribution in [0.1, 0.15) is 38.8 Å². The van der Waals surface area contributed by atoms with Gasteiger partial charge >= 0.3 is 5.97 Å². The average molecular weight is 354 g/mol. The van der Waals surface area contributed by atoms with Crippen molar-refractivity contribution in [2.24, 2.45) is 0 Å². The highest BCUT2D eigenvalue weighted by Gasteiger charge is 2.21. The number of amides is 1. The lowest BCUT2D eigenvalue weighted by Crippen LogP contribution is -2.07. The summed E-state index contributed by atoms with van der Waals surface area (Å²) in [5.41, 5.74) is 2.84. The van der Waals surface area contributed by atoms with Gasteiger partial charge in [-0.3, -0.25) is 4.79 Å². The number of esters is 1. The number of ether oxygens (including phenoxy) is 1. The molecule has 5 nitrogen and oxygen atoms in total. The fraction of sp³-hybridized carbons (Fsp3) is 0.211. The lowest BCUT2D eigenvalue weighted by Gasteiger charge is -1.99. The van der Waals surface area contributed by atoms with E-state index in [1.165, 1.54) is 6.08 Å². The zero-order valence-corrected chi connectivity index (χ0v) is 15.1. The van der Waals surface area contributed by atoms with E-state index in [4.69, 9.17) is 4.74 Å². The molecule has 0 atom stereocenters. The number of rotatable bonds is 5. The molecule has 1 N–H and O–H groups in total. The first-order valence-electron chi connectivity index (χ1n) is 7.72.